The van der Waals surface area contributed by atoms with Crippen LogP contribution < -0.4 is 5.11 Å². The van der Waals surface area contributed by atoms with Crippen molar-refractivity contribution in [1.29, 1.82) is 0 Å². The number of rotatable bonds is 1. The number of benzene rings is 1. The van der Waals surface area contributed by atoms with Gasteiger partial charge in [0.2, 0.25) is 0 Å². The first-order valence-electron chi connectivity index (χ1n) is 2.71. The van der Waals surface area contributed by atoms with Crippen LogP contribution in [-0.4, -0.2) is 48.8 Å². The minimum atomic E-state index is -1.18. The zero-order valence-electron chi connectivity index (χ0n) is 5.78. The Morgan fingerprint density at radius 2 is 1.91 bits per heavy atom. The molecule has 0 radical (unpaired) electrons. The van der Waals surface area contributed by atoms with E-state index < -0.39 is 11.7 Å². The largest absolute Gasteiger partial charge is 2.00 e. The van der Waals surface area contributed by atoms with E-state index in [9.17, 15) is 9.90 Å². The summed E-state index contributed by atoms with van der Waals surface area (Å²) in [5.41, 5.74) is -0.178. The van der Waals surface area contributed by atoms with Gasteiger partial charge in [0.1, 0.15) is 0 Å². The summed E-state index contributed by atoms with van der Waals surface area (Å²) in [6.07, 6.45) is 0. The van der Waals surface area contributed by atoms with E-state index in [0.717, 1.165) is 0 Å². The molecular weight excluding hydrogens is 172 g/mol. The summed E-state index contributed by atoms with van der Waals surface area (Å²) in [5, 5.41) is 19.0. The number of aromatic carboxylic acids is 1. The number of hydrogen-bond acceptors (Lipinski definition) is 2. The fourth-order valence-electron chi connectivity index (χ4n) is 0.643. The average Bonchev–Trinajstić information content (AvgIpc) is 1.88. The Balaban J connectivity index is 0.000001000. The van der Waals surface area contributed by atoms with Crippen molar-refractivity contribution >= 4 is 43.7 Å². The van der Waals surface area contributed by atoms with Gasteiger partial charge in [-0.2, -0.15) is 0 Å². The van der Waals surface area contributed by atoms with Gasteiger partial charge in [-0.25, -0.2) is 4.79 Å². The van der Waals surface area contributed by atoms with Crippen LogP contribution in [0.2, 0.25) is 0 Å². The third-order valence-electron chi connectivity index (χ3n) is 1.12. The SMILES string of the molecule is O=C(O)c1ccccc1[O-].[Ca+2]. The minimum absolute atomic E-state index is 0. The molecule has 1 aromatic rings. The van der Waals surface area contributed by atoms with Gasteiger partial charge in [0.15, 0.2) is 0 Å². The van der Waals surface area contributed by atoms with Crippen molar-refractivity contribution in [2.24, 2.45) is 0 Å². The van der Waals surface area contributed by atoms with E-state index in [4.69, 9.17) is 5.11 Å². The van der Waals surface area contributed by atoms with Gasteiger partial charge < -0.3 is 10.2 Å². The molecule has 4 heteroatoms. The standard InChI is InChI=1S/C7H6O3.Ca/c8-6-4-2-1-3-5(6)7(9)10;/h1-4,8H,(H,9,10);/q;+2/p-1. The molecule has 0 fully saturated rings. The number of carboxylic acids is 1. The van der Waals surface area contributed by atoms with Gasteiger partial charge in [-0.05, 0) is 6.07 Å². The summed E-state index contributed by atoms with van der Waals surface area (Å²) in [7, 11) is 0. The Bertz CT molecular complexity index is 260. The van der Waals surface area contributed by atoms with Crippen molar-refractivity contribution in [1.82, 2.24) is 0 Å². The van der Waals surface area contributed by atoms with E-state index in [1.807, 2.05) is 0 Å². The van der Waals surface area contributed by atoms with Crippen molar-refractivity contribution in [2.45, 2.75) is 0 Å². The van der Waals surface area contributed by atoms with E-state index in [0.29, 0.717) is 0 Å². The molecule has 0 heterocycles. The molecule has 1 aromatic carbocycles. The maximum Gasteiger partial charge on any atom is 2.00 e. The molecule has 0 unspecified atom stereocenters. The van der Waals surface area contributed by atoms with E-state index in [2.05, 4.69) is 0 Å². The molecule has 0 saturated heterocycles. The Hall–Kier alpha value is -0.250. The molecule has 0 amide bonds. The average molecular weight is 177 g/mol. The topological polar surface area (TPSA) is 60.4 Å². The normalized spacial score (nSPS) is 8.36. The molecule has 1 rings (SSSR count). The van der Waals surface area contributed by atoms with Crippen molar-refractivity contribution in [3.05, 3.63) is 29.8 Å². The summed E-state index contributed by atoms with van der Waals surface area (Å²) >= 11 is 0. The van der Waals surface area contributed by atoms with Crippen molar-refractivity contribution in [3.63, 3.8) is 0 Å². The molecule has 1 N–H and O–H groups in total. The Labute approximate surface area is 93.7 Å². The van der Waals surface area contributed by atoms with Gasteiger partial charge in [0.05, 0.1) is 5.56 Å². The van der Waals surface area contributed by atoms with Gasteiger partial charge in [-0.15, -0.1) is 0 Å². The zero-order valence-corrected chi connectivity index (χ0v) is 7.99. The van der Waals surface area contributed by atoms with Crippen LogP contribution in [0.25, 0.3) is 0 Å². The van der Waals surface area contributed by atoms with Crippen LogP contribution in [0.1, 0.15) is 10.4 Å². The number of para-hydroxylation sites is 1. The quantitative estimate of drug-likeness (QED) is 0.618. The summed E-state index contributed by atoms with van der Waals surface area (Å²) in [6.45, 7) is 0. The van der Waals surface area contributed by atoms with E-state index >= 15 is 0 Å². The molecule has 0 bridgehead atoms. The number of hydrogen-bond donors (Lipinski definition) is 1. The summed E-state index contributed by atoms with van der Waals surface area (Å²) < 4.78 is 0. The van der Waals surface area contributed by atoms with Crippen LogP contribution in [0.15, 0.2) is 24.3 Å². The van der Waals surface area contributed by atoms with E-state index in [1.54, 1.807) is 0 Å². The Morgan fingerprint density at radius 3 is 2.27 bits per heavy atom. The van der Waals surface area contributed by atoms with Crippen LogP contribution in [0.4, 0.5) is 0 Å². The van der Waals surface area contributed by atoms with Crippen molar-refractivity contribution in [3.8, 4) is 5.75 Å². The molecule has 0 aliphatic rings. The van der Waals surface area contributed by atoms with Gasteiger partial charge >= 0.3 is 43.7 Å². The van der Waals surface area contributed by atoms with Gasteiger partial charge in [-0.1, -0.05) is 23.9 Å². The maximum atomic E-state index is 10.7. The third-order valence-corrected chi connectivity index (χ3v) is 1.12. The van der Waals surface area contributed by atoms with E-state index in [1.165, 1.54) is 24.3 Å². The van der Waals surface area contributed by atoms with Crippen LogP contribution in [0.5, 0.6) is 5.75 Å². The molecule has 0 aromatic heterocycles. The monoisotopic (exact) mass is 177 g/mol. The number of carbonyl (C=O) groups is 1. The molecule has 11 heavy (non-hydrogen) atoms. The summed E-state index contributed by atoms with van der Waals surface area (Å²) in [5.74, 6) is -1.62. The van der Waals surface area contributed by atoms with Crippen LogP contribution in [0.3, 0.4) is 0 Å². The van der Waals surface area contributed by atoms with Gasteiger partial charge in [0.25, 0.3) is 0 Å². The molecule has 0 aliphatic heterocycles. The molecule has 3 nitrogen and oxygen atoms in total. The summed E-state index contributed by atoms with van der Waals surface area (Å²) in [4.78, 5) is 10.2. The van der Waals surface area contributed by atoms with Crippen LogP contribution in [0, 0.1) is 0 Å². The van der Waals surface area contributed by atoms with Crippen LogP contribution in [-0.2, 0) is 0 Å². The second kappa shape index (κ2) is 4.59. The summed E-state index contributed by atoms with van der Waals surface area (Å²) in [6, 6.07) is 5.54. The van der Waals surface area contributed by atoms with E-state index in [-0.39, 0.29) is 43.3 Å². The molecule has 0 atom stereocenters. The molecule has 0 spiro atoms. The molecule has 0 saturated carbocycles. The second-order valence-corrected chi connectivity index (χ2v) is 1.80. The minimum Gasteiger partial charge on any atom is -0.872 e. The smallest absolute Gasteiger partial charge is 0.872 e. The molecule has 0 aliphatic carbocycles. The van der Waals surface area contributed by atoms with Crippen molar-refractivity contribution < 1.29 is 15.0 Å². The predicted molar refractivity (Wildman–Crippen MR) is 38.6 cm³/mol. The molecular formula is C7H5CaO3+. The van der Waals surface area contributed by atoms with Crippen molar-refractivity contribution in [2.75, 3.05) is 0 Å². The number of carboxylic acid groups (broad SMARTS) is 1. The van der Waals surface area contributed by atoms with Crippen LogP contribution >= 0.6 is 0 Å². The fraction of sp³-hybridized carbons (Fsp3) is 0. The first kappa shape index (κ1) is 10.7. The maximum absolute atomic E-state index is 10.7. The first-order valence-corrected chi connectivity index (χ1v) is 2.71. The third kappa shape index (κ3) is 2.69. The zero-order chi connectivity index (χ0) is 7.56. The van der Waals surface area contributed by atoms with Gasteiger partial charge in [0, 0.05) is 0 Å². The van der Waals surface area contributed by atoms with Gasteiger partial charge in [-0.3, -0.25) is 0 Å². The fourth-order valence-corrected chi connectivity index (χ4v) is 0.643. The first-order chi connectivity index (χ1) is 4.72. The predicted octanol–water partition coefficient (Wildman–Crippen LogP) is 0.0776. The molecule has 52 valence electrons. The second-order valence-electron chi connectivity index (χ2n) is 1.80. The Morgan fingerprint density at radius 1 is 1.36 bits per heavy atom. The Kier molecular flexibility index (Phi) is 4.49.